The Labute approximate surface area is 131 Å². The number of nitro groups is 1. The van der Waals surface area contributed by atoms with Gasteiger partial charge in [-0.2, -0.15) is 4.68 Å². The topological polar surface area (TPSA) is 87.3 Å². The summed E-state index contributed by atoms with van der Waals surface area (Å²) in [5, 5.41) is 16.4. The maximum Gasteiger partial charge on any atom is 0.390 e. The van der Waals surface area contributed by atoms with Crippen LogP contribution in [-0.4, -0.2) is 20.7 Å². The fraction of sp³-hybridized carbons (Fsp3) is 0.125. The minimum absolute atomic E-state index is 0.188. The number of hydrogen-bond acceptors (Lipinski definition) is 5. The molecule has 0 aliphatic heterocycles. The van der Waals surface area contributed by atoms with Gasteiger partial charge in [0.05, 0.1) is 16.9 Å². The van der Waals surface area contributed by atoms with E-state index in [0.29, 0.717) is 11.4 Å². The number of carbonyl (C=O) groups is 1. The van der Waals surface area contributed by atoms with Gasteiger partial charge in [0.2, 0.25) is 0 Å². The molecular formula is C16H13N3O4. The average molecular weight is 311 g/mol. The van der Waals surface area contributed by atoms with Crippen molar-refractivity contribution in [1.82, 2.24) is 9.78 Å². The van der Waals surface area contributed by atoms with E-state index in [2.05, 4.69) is 5.10 Å². The van der Waals surface area contributed by atoms with Crippen LogP contribution in [0.25, 0.3) is 10.8 Å². The van der Waals surface area contributed by atoms with Crippen molar-refractivity contribution in [1.29, 1.82) is 0 Å². The van der Waals surface area contributed by atoms with Crippen LogP contribution in [0.1, 0.15) is 5.69 Å². The monoisotopic (exact) mass is 311 g/mol. The maximum absolute atomic E-state index is 12.0. The first-order chi connectivity index (χ1) is 11.0. The number of rotatable bonds is 4. The Hall–Kier alpha value is -3.22. The Balaban J connectivity index is 1.74. The summed E-state index contributed by atoms with van der Waals surface area (Å²) in [4.78, 5) is 22.1. The number of ether oxygens (including phenoxy) is 1. The van der Waals surface area contributed by atoms with Crippen LogP contribution in [0.3, 0.4) is 0 Å². The highest BCUT2D eigenvalue weighted by atomic mass is 16.6. The van der Waals surface area contributed by atoms with Crippen LogP contribution < -0.4 is 4.74 Å². The summed E-state index contributed by atoms with van der Waals surface area (Å²) >= 11 is 0. The number of fused-ring (bicyclic) bond motifs is 1. The summed E-state index contributed by atoms with van der Waals surface area (Å²) in [5.41, 5.74) is 0.521. The highest BCUT2D eigenvalue weighted by molar-refractivity contribution is 5.84. The van der Waals surface area contributed by atoms with Crippen LogP contribution in [-0.2, 0) is 11.3 Å². The number of aromatic nitrogens is 2. The van der Waals surface area contributed by atoms with Crippen LogP contribution in [0.5, 0.6) is 5.75 Å². The van der Waals surface area contributed by atoms with Gasteiger partial charge in [-0.1, -0.05) is 30.3 Å². The molecule has 0 N–H and O–H groups in total. The third-order valence-corrected chi connectivity index (χ3v) is 3.39. The summed E-state index contributed by atoms with van der Waals surface area (Å²) in [6.45, 7) is 1.45. The van der Waals surface area contributed by atoms with Gasteiger partial charge in [-0.15, -0.1) is 0 Å². The molecule has 7 nitrogen and oxygen atoms in total. The zero-order valence-electron chi connectivity index (χ0n) is 12.3. The van der Waals surface area contributed by atoms with Crippen LogP contribution in [0, 0.1) is 17.0 Å². The van der Waals surface area contributed by atoms with Crippen molar-refractivity contribution in [3.8, 4) is 5.75 Å². The molecule has 0 bridgehead atoms. The van der Waals surface area contributed by atoms with E-state index in [1.54, 1.807) is 19.1 Å². The lowest BCUT2D eigenvalue weighted by Crippen LogP contribution is -2.18. The highest BCUT2D eigenvalue weighted by Crippen LogP contribution is 2.21. The minimum atomic E-state index is -0.599. The largest absolute Gasteiger partial charge is 0.425 e. The van der Waals surface area contributed by atoms with Gasteiger partial charge in [0.1, 0.15) is 5.75 Å². The molecule has 1 aromatic heterocycles. The van der Waals surface area contributed by atoms with Crippen molar-refractivity contribution >= 4 is 22.6 Å². The molecule has 2 aromatic carbocycles. The molecule has 3 aromatic rings. The molecule has 0 atom stereocenters. The molecule has 0 fully saturated rings. The SMILES string of the molecule is Cc1cc([N+](=O)[O-])nn1CC(=O)Oc1ccc2ccccc2c1. The van der Waals surface area contributed by atoms with Gasteiger partial charge < -0.3 is 14.9 Å². The smallest absolute Gasteiger partial charge is 0.390 e. The number of aryl methyl sites for hydroxylation is 1. The van der Waals surface area contributed by atoms with E-state index in [4.69, 9.17) is 4.74 Å². The van der Waals surface area contributed by atoms with E-state index in [1.807, 2.05) is 30.3 Å². The fourth-order valence-electron chi connectivity index (χ4n) is 2.26. The lowest BCUT2D eigenvalue weighted by atomic mass is 10.1. The van der Waals surface area contributed by atoms with Crippen molar-refractivity contribution in [2.45, 2.75) is 13.5 Å². The molecular weight excluding hydrogens is 298 g/mol. The molecule has 0 spiro atoms. The van der Waals surface area contributed by atoms with E-state index in [1.165, 1.54) is 10.7 Å². The number of benzene rings is 2. The molecule has 116 valence electrons. The van der Waals surface area contributed by atoms with Crippen LogP contribution in [0.15, 0.2) is 48.5 Å². The zero-order valence-corrected chi connectivity index (χ0v) is 12.3. The van der Waals surface area contributed by atoms with Crippen molar-refractivity contribution in [3.63, 3.8) is 0 Å². The normalized spacial score (nSPS) is 10.7. The molecule has 0 radical (unpaired) electrons. The van der Waals surface area contributed by atoms with Gasteiger partial charge >= 0.3 is 11.8 Å². The molecule has 0 saturated heterocycles. The molecule has 0 aliphatic rings. The molecule has 0 saturated carbocycles. The van der Waals surface area contributed by atoms with Crippen LogP contribution in [0.4, 0.5) is 5.82 Å². The Morgan fingerprint density at radius 1 is 1.22 bits per heavy atom. The summed E-state index contributed by atoms with van der Waals surface area (Å²) in [6, 6.07) is 14.4. The van der Waals surface area contributed by atoms with Crippen LogP contribution >= 0.6 is 0 Å². The maximum atomic E-state index is 12.0. The summed E-state index contributed by atoms with van der Waals surface area (Å²) in [6.07, 6.45) is 0. The van der Waals surface area contributed by atoms with Gasteiger partial charge in [0.25, 0.3) is 0 Å². The third-order valence-electron chi connectivity index (χ3n) is 3.39. The molecule has 7 heteroatoms. The fourth-order valence-corrected chi connectivity index (χ4v) is 2.26. The first-order valence-corrected chi connectivity index (χ1v) is 6.91. The molecule has 3 rings (SSSR count). The quantitative estimate of drug-likeness (QED) is 0.320. The van der Waals surface area contributed by atoms with E-state index < -0.39 is 10.9 Å². The molecule has 0 amide bonds. The van der Waals surface area contributed by atoms with Gasteiger partial charge in [-0.05, 0) is 34.8 Å². The second-order valence-corrected chi connectivity index (χ2v) is 5.04. The number of carbonyl (C=O) groups excluding carboxylic acids is 1. The zero-order chi connectivity index (χ0) is 16.4. The number of nitrogens with zero attached hydrogens (tertiary/aromatic N) is 3. The lowest BCUT2D eigenvalue weighted by molar-refractivity contribution is -0.389. The predicted molar refractivity (Wildman–Crippen MR) is 83.2 cm³/mol. The second kappa shape index (κ2) is 5.88. The molecule has 1 heterocycles. The van der Waals surface area contributed by atoms with Gasteiger partial charge in [0.15, 0.2) is 6.54 Å². The first kappa shape index (κ1) is 14.7. The van der Waals surface area contributed by atoms with Crippen LogP contribution in [0.2, 0.25) is 0 Å². The Morgan fingerprint density at radius 3 is 2.65 bits per heavy atom. The predicted octanol–water partition coefficient (Wildman–Crippen LogP) is 2.86. The lowest BCUT2D eigenvalue weighted by Gasteiger charge is -2.05. The minimum Gasteiger partial charge on any atom is -0.425 e. The summed E-state index contributed by atoms with van der Waals surface area (Å²) < 4.78 is 6.53. The van der Waals surface area contributed by atoms with E-state index in [0.717, 1.165) is 10.8 Å². The van der Waals surface area contributed by atoms with Gasteiger partial charge in [0, 0.05) is 0 Å². The Bertz CT molecular complexity index is 901. The molecule has 23 heavy (non-hydrogen) atoms. The van der Waals surface area contributed by atoms with Gasteiger partial charge in [-0.3, -0.25) is 0 Å². The third kappa shape index (κ3) is 3.18. The molecule has 0 aliphatic carbocycles. The number of hydrogen-bond donors (Lipinski definition) is 0. The standard InChI is InChI=1S/C16H13N3O4/c1-11-8-15(19(21)22)17-18(11)10-16(20)23-14-7-6-12-4-2-3-5-13(12)9-14/h2-9H,10H2,1H3. The summed E-state index contributed by atoms with van der Waals surface area (Å²) in [5.74, 6) is -0.407. The van der Waals surface area contributed by atoms with Crippen molar-refractivity contribution in [2.24, 2.45) is 0 Å². The van der Waals surface area contributed by atoms with E-state index in [-0.39, 0.29) is 12.4 Å². The highest BCUT2D eigenvalue weighted by Gasteiger charge is 2.18. The van der Waals surface area contributed by atoms with Crippen molar-refractivity contribution in [3.05, 3.63) is 64.3 Å². The Morgan fingerprint density at radius 2 is 1.96 bits per heavy atom. The Kier molecular flexibility index (Phi) is 3.76. The average Bonchev–Trinajstić information content (AvgIpc) is 2.88. The second-order valence-electron chi connectivity index (χ2n) is 5.04. The van der Waals surface area contributed by atoms with Gasteiger partial charge in [-0.25, -0.2) is 4.79 Å². The van der Waals surface area contributed by atoms with E-state index in [9.17, 15) is 14.9 Å². The summed E-state index contributed by atoms with van der Waals surface area (Å²) in [7, 11) is 0. The first-order valence-electron chi connectivity index (χ1n) is 6.91. The van der Waals surface area contributed by atoms with Crippen molar-refractivity contribution < 1.29 is 14.5 Å². The number of esters is 1. The van der Waals surface area contributed by atoms with Crippen molar-refractivity contribution in [2.75, 3.05) is 0 Å². The molecule has 0 unspecified atom stereocenters. The van der Waals surface area contributed by atoms with E-state index >= 15 is 0 Å².